The Bertz CT molecular complexity index is 825. The highest BCUT2D eigenvalue weighted by molar-refractivity contribution is 7.16. The molecule has 130 valence electrons. The fourth-order valence-electron chi connectivity index (χ4n) is 2.66. The van der Waals surface area contributed by atoms with E-state index in [9.17, 15) is 14.9 Å². The van der Waals surface area contributed by atoms with Crippen LogP contribution in [0.5, 0.6) is 0 Å². The van der Waals surface area contributed by atoms with Crippen LogP contribution < -0.4 is 10.2 Å². The van der Waals surface area contributed by atoms with Crippen LogP contribution in [-0.2, 0) is 4.79 Å². The number of rotatable bonds is 5. The maximum atomic E-state index is 12.1. The summed E-state index contributed by atoms with van der Waals surface area (Å²) in [6, 6.07) is 6.82. The predicted molar refractivity (Wildman–Crippen MR) is 99.1 cm³/mol. The topological polar surface area (TPSA) is 88.4 Å². The minimum atomic E-state index is -0.445. The largest absolute Gasteiger partial charge is 0.357 e. The van der Waals surface area contributed by atoms with Gasteiger partial charge in [-0.15, -0.1) is 0 Å². The van der Waals surface area contributed by atoms with Crippen LogP contribution >= 0.6 is 11.3 Å². The Hall–Kier alpha value is -2.74. The molecule has 25 heavy (non-hydrogen) atoms. The summed E-state index contributed by atoms with van der Waals surface area (Å²) >= 11 is 1.02. The van der Waals surface area contributed by atoms with Gasteiger partial charge in [-0.1, -0.05) is 11.3 Å². The minimum absolute atomic E-state index is 0.0533. The summed E-state index contributed by atoms with van der Waals surface area (Å²) in [6.07, 6.45) is 5.30. The molecular weight excluding hydrogens is 340 g/mol. The lowest BCUT2D eigenvalue weighted by Crippen LogP contribution is -2.19. The molecule has 1 aliphatic heterocycles. The van der Waals surface area contributed by atoms with Gasteiger partial charge in [0.1, 0.15) is 5.82 Å². The highest BCUT2D eigenvalue weighted by Crippen LogP contribution is 2.25. The Balaban J connectivity index is 1.63. The molecule has 0 aromatic carbocycles. The van der Waals surface area contributed by atoms with Gasteiger partial charge < -0.3 is 10.2 Å². The molecule has 0 saturated carbocycles. The van der Waals surface area contributed by atoms with Crippen molar-refractivity contribution in [3.8, 4) is 0 Å². The number of nitrogens with one attached hydrogen (secondary N) is 1. The number of aryl methyl sites for hydroxylation is 1. The summed E-state index contributed by atoms with van der Waals surface area (Å²) in [6.45, 7) is 3.91. The van der Waals surface area contributed by atoms with Gasteiger partial charge in [-0.25, -0.2) is 4.98 Å². The molecule has 1 N–H and O–H groups in total. The Morgan fingerprint density at radius 1 is 1.32 bits per heavy atom. The molecule has 0 radical (unpaired) electrons. The van der Waals surface area contributed by atoms with Crippen LogP contribution in [0.15, 0.2) is 30.3 Å². The Morgan fingerprint density at radius 3 is 2.72 bits per heavy atom. The molecular formula is C17H18N4O3S. The van der Waals surface area contributed by atoms with Gasteiger partial charge in [-0.05, 0) is 44.0 Å². The molecule has 1 amide bonds. The SMILES string of the molecule is Cc1nc(N2CCCC2)ccc1NC(=O)/C=C/c1ccc([N+](=O)[O-])s1. The van der Waals surface area contributed by atoms with Gasteiger partial charge in [0.25, 0.3) is 0 Å². The second-order valence-electron chi connectivity index (χ2n) is 5.75. The van der Waals surface area contributed by atoms with E-state index in [1.807, 2.05) is 19.1 Å². The van der Waals surface area contributed by atoms with Crippen molar-refractivity contribution >= 4 is 39.8 Å². The van der Waals surface area contributed by atoms with Gasteiger partial charge in [-0.3, -0.25) is 14.9 Å². The Kier molecular flexibility index (Phi) is 5.08. The average molecular weight is 358 g/mol. The molecule has 7 nitrogen and oxygen atoms in total. The lowest BCUT2D eigenvalue weighted by atomic mass is 10.3. The van der Waals surface area contributed by atoms with Gasteiger partial charge in [0.05, 0.1) is 16.3 Å². The number of thiophene rings is 1. The molecule has 1 aliphatic rings. The summed E-state index contributed by atoms with van der Waals surface area (Å²) < 4.78 is 0. The number of pyridine rings is 1. The zero-order chi connectivity index (χ0) is 17.8. The van der Waals surface area contributed by atoms with Crippen LogP contribution in [0.2, 0.25) is 0 Å². The fourth-order valence-corrected chi connectivity index (χ4v) is 3.39. The monoisotopic (exact) mass is 358 g/mol. The van der Waals surface area contributed by atoms with E-state index in [2.05, 4.69) is 15.2 Å². The van der Waals surface area contributed by atoms with E-state index in [0.717, 1.165) is 35.9 Å². The molecule has 2 aromatic rings. The van der Waals surface area contributed by atoms with Gasteiger partial charge in [0.15, 0.2) is 0 Å². The van der Waals surface area contributed by atoms with Crippen LogP contribution in [0.1, 0.15) is 23.4 Å². The maximum Gasteiger partial charge on any atom is 0.324 e. The lowest BCUT2D eigenvalue weighted by molar-refractivity contribution is -0.380. The van der Waals surface area contributed by atoms with Crippen LogP contribution in [0.25, 0.3) is 6.08 Å². The third-order valence-corrected chi connectivity index (χ3v) is 4.95. The van der Waals surface area contributed by atoms with Crippen molar-refractivity contribution < 1.29 is 9.72 Å². The lowest BCUT2D eigenvalue weighted by Gasteiger charge is -2.17. The molecule has 0 bridgehead atoms. The summed E-state index contributed by atoms with van der Waals surface area (Å²) in [5.41, 5.74) is 1.42. The standard InChI is InChI=1S/C17H18N4O3S/c1-12-14(6-7-15(18-12)20-10-2-3-11-20)19-16(22)8-4-13-5-9-17(25-13)21(23)24/h4-9H,2-3,10-11H2,1H3,(H,19,22)/b8-4+. The van der Waals surface area contributed by atoms with Gasteiger partial charge in [0, 0.05) is 30.1 Å². The van der Waals surface area contributed by atoms with E-state index in [1.165, 1.54) is 25.0 Å². The number of nitrogens with zero attached hydrogens (tertiary/aromatic N) is 3. The van der Waals surface area contributed by atoms with E-state index >= 15 is 0 Å². The van der Waals surface area contributed by atoms with Crippen molar-refractivity contribution in [3.05, 3.63) is 51.0 Å². The highest BCUT2D eigenvalue weighted by Gasteiger charge is 2.14. The van der Waals surface area contributed by atoms with Gasteiger partial charge in [0.2, 0.25) is 5.91 Å². The first-order chi connectivity index (χ1) is 12.0. The van der Waals surface area contributed by atoms with Crippen molar-refractivity contribution in [2.75, 3.05) is 23.3 Å². The zero-order valence-corrected chi connectivity index (χ0v) is 14.6. The van der Waals surface area contributed by atoms with Crippen molar-refractivity contribution in [1.82, 2.24) is 4.98 Å². The van der Waals surface area contributed by atoms with Crippen molar-refractivity contribution in [2.24, 2.45) is 0 Å². The summed E-state index contributed by atoms with van der Waals surface area (Å²) in [7, 11) is 0. The molecule has 0 aliphatic carbocycles. The number of amides is 1. The Morgan fingerprint density at radius 2 is 2.08 bits per heavy atom. The maximum absolute atomic E-state index is 12.1. The van der Waals surface area contributed by atoms with E-state index in [4.69, 9.17) is 0 Å². The number of aromatic nitrogens is 1. The summed E-state index contributed by atoms with van der Waals surface area (Å²) in [5, 5.41) is 13.5. The molecule has 1 saturated heterocycles. The first-order valence-electron chi connectivity index (χ1n) is 7.99. The molecule has 0 unspecified atom stereocenters. The predicted octanol–water partition coefficient (Wildman–Crippen LogP) is 3.61. The van der Waals surface area contributed by atoms with E-state index in [-0.39, 0.29) is 10.9 Å². The molecule has 8 heteroatoms. The number of hydrogen-bond acceptors (Lipinski definition) is 6. The van der Waals surface area contributed by atoms with Crippen LogP contribution in [0.4, 0.5) is 16.5 Å². The first-order valence-corrected chi connectivity index (χ1v) is 8.80. The number of carbonyl (C=O) groups is 1. The zero-order valence-electron chi connectivity index (χ0n) is 13.8. The summed E-state index contributed by atoms with van der Waals surface area (Å²) in [4.78, 5) is 29.7. The van der Waals surface area contributed by atoms with E-state index < -0.39 is 4.92 Å². The minimum Gasteiger partial charge on any atom is -0.357 e. The van der Waals surface area contributed by atoms with Gasteiger partial charge in [-0.2, -0.15) is 0 Å². The quantitative estimate of drug-likeness (QED) is 0.501. The molecule has 2 aromatic heterocycles. The van der Waals surface area contributed by atoms with Crippen LogP contribution in [-0.4, -0.2) is 28.9 Å². The normalized spacial score (nSPS) is 14.2. The third kappa shape index (κ3) is 4.21. The number of anilines is 2. The molecule has 3 heterocycles. The van der Waals surface area contributed by atoms with E-state index in [0.29, 0.717) is 10.6 Å². The number of nitro groups is 1. The smallest absolute Gasteiger partial charge is 0.324 e. The molecule has 1 fully saturated rings. The van der Waals surface area contributed by atoms with Crippen molar-refractivity contribution in [3.63, 3.8) is 0 Å². The first kappa shape index (κ1) is 17.1. The van der Waals surface area contributed by atoms with Crippen molar-refractivity contribution in [2.45, 2.75) is 19.8 Å². The third-order valence-electron chi connectivity index (χ3n) is 3.95. The number of carbonyl (C=O) groups excluding carboxylic acids is 1. The fraction of sp³-hybridized carbons (Fsp3) is 0.294. The second kappa shape index (κ2) is 7.43. The highest BCUT2D eigenvalue weighted by atomic mass is 32.1. The van der Waals surface area contributed by atoms with Gasteiger partial charge >= 0.3 is 5.00 Å². The van der Waals surface area contributed by atoms with E-state index in [1.54, 1.807) is 12.1 Å². The van der Waals surface area contributed by atoms with Crippen LogP contribution in [0, 0.1) is 17.0 Å². The Labute approximate surface area is 149 Å². The average Bonchev–Trinajstić information content (AvgIpc) is 3.26. The molecule has 0 spiro atoms. The number of hydrogen-bond donors (Lipinski definition) is 1. The van der Waals surface area contributed by atoms with Crippen LogP contribution in [0.3, 0.4) is 0 Å². The second-order valence-corrected chi connectivity index (χ2v) is 6.85. The molecule has 3 rings (SSSR count). The molecule has 0 atom stereocenters. The summed E-state index contributed by atoms with van der Waals surface area (Å²) in [5.74, 6) is 0.643. The van der Waals surface area contributed by atoms with Crippen molar-refractivity contribution in [1.29, 1.82) is 0 Å².